The van der Waals surface area contributed by atoms with Gasteiger partial charge in [-0.25, -0.2) is 0 Å². The van der Waals surface area contributed by atoms with E-state index in [0.29, 0.717) is 5.02 Å². The average Bonchev–Trinajstić information content (AvgIpc) is 2.61. The van der Waals surface area contributed by atoms with Crippen molar-refractivity contribution in [3.8, 4) is 0 Å². The maximum absolute atomic E-state index is 11.4. The molecule has 0 spiro atoms. The molecule has 1 aliphatic rings. The van der Waals surface area contributed by atoms with Gasteiger partial charge in [-0.05, 0) is 30.2 Å². The highest BCUT2D eigenvalue weighted by atomic mass is 35.5. The van der Waals surface area contributed by atoms with Crippen molar-refractivity contribution in [2.75, 3.05) is 32.8 Å². The molecule has 0 unspecified atom stereocenters. The lowest BCUT2D eigenvalue weighted by atomic mass is 9.78. The van der Waals surface area contributed by atoms with Crippen molar-refractivity contribution in [1.29, 1.82) is 0 Å². The normalized spacial score (nSPS) is 19.6. The topological polar surface area (TPSA) is 32.7 Å². The summed E-state index contributed by atoms with van der Waals surface area (Å²) in [7, 11) is 0. The zero-order chi connectivity index (χ0) is 17.0. The maximum Gasteiger partial charge on any atom is 0.0949 e. The molecule has 4 heteroatoms. The second-order valence-electron chi connectivity index (χ2n) is 6.53. The Bertz CT molecular complexity index is 636. The highest BCUT2D eigenvalue weighted by molar-refractivity contribution is 6.30. The maximum atomic E-state index is 11.4. The van der Waals surface area contributed by atoms with Crippen molar-refractivity contribution in [3.63, 3.8) is 0 Å². The molecule has 3 rings (SSSR count). The lowest BCUT2D eigenvalue weighted by Crippen LogP contribution is -2.43. The highest BCUT2D eigenvalue weighted by Gasteiger charge is 2.36. The van der Waals surface area contributed by atoms with Crippen molar-refractivity contribution in [3.05, 3.63) is 70.7 Å². The number of aliphatic hydroxyl groups is 1. The van der Waals surface area contributed by atoms with E-state index in [1.165, 1.54) is 0 Å². The summed E-state index contributed by atoms with van der Waals surface area (Å²) < 4.78 is 5.45. The van der Waals surface area contributed by atoms with E-state index >= 15 is 0 Å². The van der Waals surface area contributed by atoms with Crippen molar-refractivity contribution >= 4 is 11.6 Å². The van der Waals surface area contributed by atoms with Crippen molar-refractivity contribution in [2.24, 2.45) is 0 Å². The van der Waals surface area contributed by atoms with Crippen LogP contribution in [0.5, 0.6) is 0 Å². The predicted octanol–water partition coefficient (Wildman–Crippen LogP) is 3.66. The van der Waals surface area contributed by atoms with E-state index in [4.69, 9.17) is 16.3 Å². The molecule has 1 fully saturated rings. The number of morpholine rings is 1. The standard InChI is InChI=1S/C20H24ClNO2/c1-20(23,17-7-9-18(21)10-8-17)19(16-5-3-2-4-6-16)15-22-11-13-24-14-12-22/h2-10,19,23H,11-15H2,1H3/t19-,20-/m1/s1. The first kappa shape index (κ1) is 17.4. The van der Waals surface area contributed by atoms with Crippen molar-refractivity contribution in [2.45, 2.75) is 18.4 Å². The third-order valence-corrected chi connectivity index (χ3v) is 5.11. The Kier molecular flexibility index (Phi) is 5.57. The van der Waals surface area contributed by atoms with Crippen LogP contribution in [0.25, 0.3) is 0 Å². The molecule has 1 saturated heterocycles. The second-order valence-corrected chi connectivity index (χ2v) is 6.97. The summed E-state index contributed by atoms with van der Waals surface area (Å²) in [5.41, 5.74) is 1.04. The zero-order valence-electron chi connectivity index (χ0n) is 14.0. The summed E-state index contributed by atoms with van der Waals surface area (Å²) in [6.07, 6.45) is 0. The van der Waals surface area contributed by atoms with Crippen LogP contribution in [0.2, 0.25) is 5.02 Å². The fraction of sp³-hybridized carbons (Fsp3) is 0.400. The van der Waals surface area contributed by atoms with Gasteiger partial charge in [0.2, 0.25) is 0 Å². The van der Waals surface area contributed by atoms with Gasteiger partial charge in [-0.3, -0.25) is 4.90 Å². The Morgan fingerprint density at radius 2 is 1.71 bits per heavy atom. The smallest absolute Gasteiger partial charge is 0.0949 e. The monoisotopic (exact) mass is 345 g/mol. The fourth-order valence-electron chi connectivity index (χ4n) is 3.32. The summed E-state index contributed by atoms with van der Waals surface area (Å²) in [4.78, 5) is 2.37. The largest absolute Gasteiger partial charge is 0.385 e. The molecular formula is C20H24ClNO2. The minimum atomic E-state index is -0.982. The molecule has 0 amide bonds. The van der Waals surface area contributed by atoms with Gasteiger partial charge in [0.1, 0.15) is 0 Å². The molecule has 0 aromatic heterocycles. The quantitative estimate of drug-likeness (QED) is 0.897. The zero-order valence-corrected chi connectivity index (χ0v) is 14.7. The summed E-state index contributed by atoms with van der Waals surface area (Å²) in [5.74, 6) is -0.0297. The van der Waals surface area contributed by atoms with Gasteiger partial charge in [0, 0.05) is 30.6 Å². The van der Waals surface area contributed by atoms with E-state index in [9.17, 15) is 5.11 Å². The Morgan fingerprint density at radius 3 is 2.33 bits per heavy atom. The van der Waals surface area contributed by atoms with Gasteiger partial charge in [-0.15, -0.1) is 0 Å². The first-order chi connectivity index (χ1) is 11.6. The molecular weight excluding hydrogens is 322 g/mol. The highest BCUT2D eigenvalue weighted by Crippen LogP contribution is 2.38. The fourth-order valence-corrected chi connectivity index (χ4v) is 3.45. The molecule has 3 nitrogen and oxygen atoms in total. The lowest BCUT2D eigenvalue weighted by molar-refractivity contribution is -0.0107. The van der Waals surface area contributed by atoms with Gasteiger partial charge >= 0.3 is 0 Å². The van der Waals surface area contributed by atoms with Crippen LogP contribution < -0.4 is 0 Å². The Hall–Kier alpha value is -1.39. The van der Waals surface area contributed by atoms with Crippen LogP contribution in [-0.4, -0.2) is 42.9 Å². The molecule has 0 bridgehead atoms. The minimum absolute atomic E-state index is 0.0297. The van der Waals surface area contributed by atoms with E-state index in [-0.39, 0.29) is 5.92 Å². The van der Waals surface area contributed by atoms with Crippen LogP contribution in [0.4, 0.5) is 0 Å². The van der Waals surface area contributed by atoms with E-state index in [0.717, 1.165) is 44.0 Å². The van der Waals surface area contributed by atoms with Gasteiger partial charge in [-0.2, -0.15) is 0 Å². The van der Waals surface area contributed by atoms with E-state index < -0.39 is 5.60 Å². The first-order valence-corrected chi connectivity index (χ1v) is 8.78. The van der Waals surface area contributed by atoms with Gasteiger partial charge in [0.15, 0.2) is 0 Å². The van der Waals surface area contributed by atoms with Crippen LogP contribution >= 0.6 is 11.6 Å². The van der Waals surface area contributed by atoms with E-state index in [2.05, 4.69) is 17.0 Å². The molecule has 0 aliphatic carbocycles. The number of hydrogen-bond acceptors (Lipinski definition) is 3. The minimum Gasteiger partial charge on any atom is -0.385 e. The number of nitrogens with zero attached hydrogens (tertiary/aromatic N) is 1. The van der Waals surface area contributed by atoms with E-state index in [1.54, 1.807) is 0 Å². The van der Waals surface area contributed by atoms with Crippen LogP contribution in [-0.2, 0) is 10.3 Å². The summed E-state index contributed by atoms with van der Waals surface area (Å²) in [6.45, 7) is 6.01. The molecule has 2 aromatic carbocycles. The lowest BCUT2D eigenvalue weighted by Gasteiger charge is -2.38. The summed E-state index contributed by atoms with van der Waals surface area (Å²) in [5, 5.41) is 12.1. The number of halogens is 1. The van der Waals surface area contributed by atoms with Gasteiger partial charge in [-0.1, -0.05) is 54.1 Å². The average molecular weight is 346 g/mol. The van der Waals surface area contributed by atoms with E-state index in [1.807, 2.05) is 49.4 Å². The predicted molar refractivity (Wildman–Crippen MR) is 97.5 cm³/mol. The van der Waals surface area contributed by atoms with Crippen molar-refractivity contribution in [1.82, 2.24) is 4.90 Å². The molecule has 0 saturated carbocycles. The Labute approximate surface area is 148 Å². The molecule has 0 radical (unpaired) electrons. The summed E-state index contributed by atoms with van der Waals surface area (Å²) in [6, 6.07) is 17.7. The van der Waals surface area contributed by atoms with Crippen LogP contribution in [0.15, 0.2) is 54.6 Å². The molecule has 1 N–H and O–H groups in total. The number of hydrogen-bond donors (Lipinski definition) is 1. The van der Waals surface area contributed by atoms with Crippen LogP contribution in [0.1, 0.15) is 24.0 Å². The first-order valence-electron chi connectivity index (χ1n) is 8.41. The van der Waals surface area contributed by atoms with Crippen LogP contribution in [0, 0.1) is 0 Å². The van der Waals surface area contributed by atoms with Gasteiger partial charge < -0.3 is 9.84 Å². The Morgan fingerprint density at radius 1 is 1.08 bits per heavy atom. The molecule has 2 atom stereocenters. The number of rotatable bonds is 5. The Balaban J connectivity index is 1.91. The molecule has 1 aliphatic heterocycles. The molecule has 2 aromatic rings. The van der Waals surface area contributed by atoms with Crippen molar-refractivity contribution < 1.29 is 9.84 Å². The number of ether oxygens (including phenoxy) is 1. The number of benzene rings is 2. The summed E-state index contributed by atoms with van der Waals surface area (Å²) >= 11 is 6.01. The van der Waals surface area contributed by atoms with Gasteiger partial charge in [0.25, 0.3) is 0 Å². The SMILES string of the molecule is C[C@@](O)(c1ccc(Cl)cc1)[C@H](CN1CCOCC1)c1ccccc1. The second kappa shape index (κ2) is 7.66. The third kappa shape index (κ3) is 3.98. The molecule has 128 valence electrons. The molecule has 1 heterocycles. The molecule has 24 heavy (non-hydrogen) atoms. The van der Waals surface area contributed by atoms with Gasteiger partial charge in [0.05, 0.1) is 18.8 Å². The van der Waals surface area contributed by atoms with Crippen LogP contribution in [0.3, 0.4) is 0 Å². The third-order valence-electron chi connectivity index (χ3n) is 4.85.